The zero-order valence-electron chi connectivity index (χ0n) is 13.7. The zero-order chi connectivity index (χ0) is 20.5. The van der Waals surface area contributed by atoms with Crippen LogP contribution in [0.2, 0.25) is 0 Å². The molecule has 1 heterocycles. The van der Waals surface area contributed by atoms with E-state index < -0.39 is 41.7 Å². The molecule has 0 saturated heterocycles. The van der Waals surface area contributed by atoms with Crippen LogP contribution in [-0.4, -0.2) is 34.7 Å². The predicted molar refractivity (Wildman–Crippen MR) is 83.1 cm³/mol. The number of hydrogen-bond donors (Lipinski definition) is 4. The summed E-state index contributed by atoms with van der Waals surface area (Å²) in [5.74, 6) is -5.48. The number of carboxylic acid groups (broad SMARTS) is 2. The monoisotopic (exact) mass is 390 g/mol. The Labute approximate surface area is 149 Å². The van der Waals surface area contributed by atoms with Gasteiger partial charge in [-0.3, -0.25) is 0 Å². The molecule has 27 heavy (non-hydrogen) atoms. The van der Waals surface area contributed by atoms with Gasteiger partial charge in [0.1, 0.15) is 11.6 Å². The number of nitrogens with one attached hydrogen (secondary N) is 1. The van der Waals surface area contributed by atoms with Gasteiger partial charge in [-0.05, 0) is 24.6 Å². The van der Waals surface area contributed by atoms with Gasteiger partial charge in [0.2, 0.25) is 0 Å². The summed E-state index contributed by atoms with van der Waals surface area (Å²) in [4.78, 5) is 23.2. The minimum Gasteiger partial charge on any atom is -0.478 e. The van der Waals surface area contributed by atoms with Crippen molar-refractivity contribution < 1.29 is 42.1 Å². The Morgan fingerprint density at radius 3 is 2.33 bits per heavy atom. The van der Waals surface area contributed by atoms with E-state index in [4.69, 9.17) is 5.73 Å². The van der Waals surface area contributed by atoms with Crippen LogP contribution in [0, 0.1) is 0 Å². The number of rotatable bonds is 6. The highest BCUT2D eigenvalue weighted by Crippen LogP contribution is 2.39. The number of allylic oxidation sites excluding steroid dienone is 1. The van der Waals surface area contributed by atoms with E-state index in [1.807, 2.05) is 0 Å². The number of aliphatic carboxylic acids is 2. The van der Waals surface area contributed by atoms with Crippen LogP contribution in [-0.2, 0) is 9.59 Å². The Balaban J connectivity index is 2.58. The summed E-state index contributed by atoms with van der Waals surface area (Å²) in [6, 6.07) is 4.19. The number of nitrogens with two attached hydrogens (primary N) is 1. The van der Waals surface area contributed by atoms with Crippen molar-refractivity contribution in [3.63, 3.8) is 0 Å². The van der Waals surface area contributed by atoms with Crippen molar-refractivity contribution in [3.05, 3.63) is 52.5 Å². The summed E-state index contributed by atoms with van der Waals surface area (Å²) < 4.78 is 54.9. The van der Waals surface area contributed by atoms with Gasteiger partial charge in [0.25, 0.3) is 0 Å². The molecule has 146 valence electrons. The minimum atomic E-state index is -4.78. The van der Waals surface area contributed by atoms with E-state index in [0.29, 0.717) is 0 Å². The summed E-state index contributed by atoms with van der Waals surface area (Å²) in [6.07, 6.45) is -8.87. The molecule has 1 aliphatic rings. The molecule has 0 amide bonds. The van der Waals surface area contributed by atoms with Crippen molar-refractivity contribution in [2.45, 2.75) is 25.4 Å². The van der Waals surface area contributed by atoms with Crippen LogP contribution < -0.4 is 15.8 Å². The fraction of sp³-hybridized carbons (Fsp3) is 0.250. The van der Waals surface area contributed by atoms with Crippen molar-refractivity contribution in [2.75, 3.05) is 0 Å². The van der Waals surface area contributed by atoms with Gasteiger partial charge in [0, 0.05) is 5.70 Å². The second kappa shape index (κ2) is 7.17. The standard InChI is InChI=1S/C16H14F4N2O5/c1-6-9(13(23)24)10(11(14(25)26)12(21)22-6)7-3-2-4-8(5-7)27-16(19,20)15(17)18/h2-5,10,15,22H,21H2,1H3,(H,23,24)(H,25,26)/t10-/m1/s1. The number of hydrogen-bond acceptors (Lipinski definition) is 5. The maximum absolute atomic E-state index is 13.1. The average molecular weight is 390 g/mol. The van der Waals surface area contributed by atoms with Gasteiger partial charge in [-0.1, -0.05) is 12.1 Å². The van der Waals surface area contributed by atoms with Gasteiger partial charge < -0.3 is 26.0 Å². The van der Waals surface area contributed by atoms with E-state index in [-0.39, 0.29) is 22.7 Å². The smallest absolute Gasteiger partial charge is 0.461 e. The van der Waals surface area contributed by atoms with Gasteiger partial charge in [0.05, 0.1) is 17.1 Å². The number of carbonyl (C=O) groups is 2. The molecular weight excluding hydrogens is 376 g/mol. The molecule has 0 aliphatic carbocycles. The van der Waals surface area contributed by atoms with E-state index in [1.54, 1.807) is 0 Å². The van der Waals surface area contributed by atoms with E-state index in [9.17, 15) is 37.4 Å². The lowest BCUT2D eigenvalue weighted by Crippen LogP contribution is -2.35. The SMILES string of the molecule is CC1=C(C(=O)O)[C@@H](c2cccc(OC(F)(F)C(F)F)c2)C(C(=O)O)=C(N)N1. The lowest BCUT2D eigenvalue weighted by Gasteiger charge is -2.28. The normalized spacial score (nSPS) is 17.8. The highest BCUT2D eigenvalue weighted by molar-refractivity contribution is 5.98. The van der Waals surface area contributed by atoms with Crippen molar-refractivity contribution >= 4 is 11.9 Å². The van der Waals surface area contributed by atoms with Crippen molar-refractivity contribution in [1.82, 2.24) is 5.32 Å². The molecule has 1 aliphatic heterocycles. The maximum Gasteiger partial charge on any atom is 0.461 e. The number of halogens is 4. The van der Waals surface area contributed by atoms with Gasteiger partial charge in [0.15, 0.2) is 0 Å². The third-order valence-corrected chi connectivity index (χ3v) is 3.75. The lowest BCUT2D eigenvalue weighted by atomic mass is 9.81. The van der Waals surface area contributed by atoms with E-state index in [0.717, 1.165) is 18.2 Å². The van der Waals surface area contributed by atoms with E-state index in [1.165, 1.54) is 13.0 Å². The molecular formula is C16H14F4N2O5. The fourth-order valence-electron chi connectivity index (χ4n) is 2.67. The van der Waals surface area contributed by atoms with Crippen LogP contribution in [0.4, 0.5) is 17.6 Å². The van der Waals surface area contributed by atoms with Crippen molar-refractivity contribution in [2.24, 2.45) is 5.73 Å². The summed E-state index contributed by atoms with van der Waals surface area (Å²) in [5.41, 5.74) is 4.68. The summed E-state index contributed by atoms with van der Waals surface area (Å²) in [6.45, 7) is 1.34. The number of alkyl halides is 4. The molecule has 0 fully saturated rings. The first kappa shape index (κ1) is 20.1. The molecule has 0 aromatic heterocycles. The van der Waals surface area contributed by atoms with Crippen LogP contribution in [0.1, 0.15) is 18.4 Å². The third kappa shape index (κ3) is 3.96. The highest BCUT2D eigenvalue weighted by atomic mass is 19.3. The topological polar surface area (TPSA) is 122 Å². The third-order valence-electron chi connectivity index (χ3n) is 3.75. The fourth-order valence-corrected chi connectivity index (χ4v) is 2.67. The second-order valence-corrected chi connectivity index (χ2v) is 5.57. The van der Waals surface area contributed by atoms with Crippen molar-refractivity contribution in [1.29, 1.82) is 0 Å². The van der Waals surface area contributed by atoms with Crippen LogP contribution in [0.25, 0.3) is 0 Å². The van der Waals surface area contributed by atoms with Gasteiger partial charge in [-0.25, -0.2) is 9.59 Å². The summed E-state index contributed by atoms with van der Waals surface area (Å²) in [7, 11) is 0. The first-order valence-electron chi connectivity index (χ1n) is 7.34. The number of dihydropyridines is 1. The molecule has 0 unspecified atom stereocenters. The molecule has 1 aromatic carbocycles. The molecule has 5 N–H and O–H groups in total. The lowest BCUT2D eigenvalue weighted by molar-refractivity contribution is -0.253. The second-order valence-electron chi connectivity index (χ2n) is 5.57. The Kier molecular flexibility index (Phi) is 5.33. The number of benzene rings is 1. The highest BCUT2D eigenvalue weighted by Gasteiger charge is 2.44. The minimum absolute atomic E-state index is 0.0410. The first-order chi connectivity index (χ1) is 12.5. The van der Waals surface area contributed by atoms with Crippen molar-refractivity contribution in [3.8, 4) is 5.75 Å². The molecule has 1 atom stereocenters. The number of carboxylic acids is 2. The van der Waals surface area contributed by atoms with Crippen LogP contribution >= 0.6 is 0 Å². The molecule has 2 rings (SSSR count). The quantitative estimate of drug-likeness (QED) is 0.550. The number of ether oxygens (including phenoxy) is 1. The molecule has 0 saturated carbocycles. The predicted octanol–water partition coefficient (Wildman–Crippen LogP) is 2.22. The summed E-state index contributed by atoms with van der Waals surface area (Å²) >= 11 is 0. The van der Waals surface area contributed by atoms with Crippen LogP contribution in [0.3, 0.4) is 0 Å². The van der Waals surface area contributed by atoms with Gasteiger partial charge in [-0.15, -0.1) is 0 Å². The molecule has 11 heteroatoms. The van der Waals surface area contributed by atoms with Crippen LogP contribution in [0.15, 0.2) is 46.9 Å². The zero-order valence-corrected chi connectivity index (χ0v) is 13.7. The molecule has 0 bridgehead atoms. The van der Waals surface area contributed by atoms with Crippen LogP contribution in [0.5, 0.6) is 5.75 Å². The molecule has 0 radical (unpaired) electrons. The van der Waals surface area contributed by atoms with E-state index >= 15 is 0 Å². The maximum atomic E-state index is 13.1. The Hall–Kier alpha value is -3.24. The molecule has 7 nitrogen and oxygen atoms in total. The van der Waals surface area contributed by atoms with Gasteiger partial charge >= 0.3 is 24.5 Å². The van der Waals surface area contributed by atoms with E-state index in [2.05, 4.69) is 10.1 Å². The summed E-state index contributed by atoms with van der Waals surface area (Å²) in [5, 5.41) is 21.3. The Morgan fingerprint density at radius 1 is 1.22 bits per heavy atom. The first-order valence-corrected chi connectivity index (χ1v) is 7.34. The average Bonchev–Trinajstić information content (AvgIpc) is 2.52. The van der Waals surface area contributed by atoms with Gasteiger partial charge in [-0.2, -0.15) is 17.6 Å². The molecule has 1 aromatic rings. The largest absolute Gasteiger partial charge is 0.478 e. The Morgan fingerprint density at radius 2 is 1.81 bits per heavy atom. The molecule has 0 spiro atoms. The Bertz CT molecular complexity index is 815.